The fourth-order valence-corrected chi connectivity index (χ4v) is 2.83. The second kappa shape index (κ2) is 7.27. The zero-order chi connectivity index (χ0) is 16.9. The van der Waals surface area contributed by atoms with E-state index in [2.05, 4.69) is 21.7 Å². The molecule has 124 valence electrons. The first-order valence-corrected chi connectivity index (χ1v) is 8.11. The number of aromatic amines is 1. The summed E-state index contributed by atoms with van der Waals surface area (Å²) >= 11 is 0. The molecule has 0 spiro atoms. The third-order valence-electron chi connectivity index (χ3n) is 4.20. The summed E-state index contributed by atoms with van der Waals surface area (Å²) in [5, 5.41) is 6.08. The lowest BCUT2D eigenvalue weighted by molar-refractivity contribution is 0.0955. The number of amides is 1. The summed E-state index contributed by atoms with van der Waals surface area (Å²) in [5.74, 6) is -0.340. The predicted octanol–water partition coefficient (Wildman–Crippen LogP) is 2.00. The van der Waals surface area contributed by atoms with E-state index in [-0.39, 0.29) is 17.0 Å². The largest absolute Gasteiger partial charge is 0.348 e. The molecule has 0 aliphatic carbocycles. The van der Waals surface area contributed by atoms with Crippen molar-refractivity contribution in [2.24, 2.45) is 0 Å². The summed E-state index contributed by atoms with van der Waals surface area (Å²) in [7, 11) is 0. The number of carbonyl (C=O) groups is 1. The van der Waals surface area contributed by atoms with Crippen LogP contribution in [0.2, 0.25) is 0 Å². The third kappa shape index (κ3) is 3.63. The highest BCUT2D eigenvalue weighted by Crippen LogP contribution is 2.21. The van der Waals surface area contributed by atoms with E-state index in [0.717, 1.165) is 36.3 Å². The molecular formula is C19H21N3O2. The Morgan fingerprint density at radius 2 is 2.04 bits per heavy atom. The van der Waals surface area contributed by atoms with Gasteiger partial charge in [-0.25, -0.2) is 0 Å². The first kappa shape index (κ1) is 16.2. The van der Waals surface area contributed by atoms with Crippen LogP contribution in [0.15, 0.2) is 52.8 Å². The van der Waals surface area contributed by atoms with Crippen molar-refractivity contribution in [2.75, 3.05) is 19.6 Å². The SMILES string of the molecule is Cc1[nH]c(=O)c(C(=O)NCC2=CCNCC2)cc1-c1ccccc1. The zero-order valence-corrected chi connectivity index (χ0v) is 13.7. The van der Waals surface area contributed by atoms with Crippen LogP contribution in [-0.2, 0) is 0 Å². The molecule has 1 aliphatic heterocycles. The Balaban J connectivity index is 1.83. The van der Waals surface area contributed by atoms with Crippen molar-refractivity contribution in [3.05, 3.63) is 69.7 Å². The molecule has 0 saturated carbocycles. The second-order valence-electron chi connectivity index (χ2n) is 5.92. The smallest absolute Gasteiger partial charge is 0.261 e. The van der Waals surface area contributed by atoms with Gasteiger partial charge in [0.25, 0.3) is 11.5 Å². The van der Waals surface area contributed by atoms with E-state index in [0.29, 0.717) is 6.54 Å². The maximum absolute atomic E-state index is 12.4. The molecule has 2 heterocycles. The monoisotopic (exact) mass is 323 g/mol. The number of pyridine rings is 1. The number of hydrogen-bond donors (Lipinski definition) is 3. The van der Waals surface area contributed by atoms with Crippen molar-refractivity contribution < 1.29 is 4.79 Å². The molecular weight excluding hydrogens is 302 g/mol. The number of aromatic nitrogens is 1. The maximum Gasteiger partial charge on any atom is 0.261 e. The van der Waals surface area contributed by atoms with Gasteiger partial charge in [-0.05, 0) is 31.5 Å². The second-order valence-corrected chi connectivity index (χ2v) is 5.92. The molecule has 1 aromatic carbocycles. The zero-order valence-electron chi connectivity index (χ0n) is 13.7. The van der Waals surface area contributed by atoms with Crippen LogP contribution in [0.25, 0.3) is 11.1 Å². The van der Waals surface area contributed by atoms with Gasteiger partial charge in [-0.2, -0.15) is 0 Å². The topological polar surface area (TPSA) is 74.0 Å². The minimum Gasteiger partial charge on any atom is -0.348 e. The van der Waals surface area contributed by atoms with Gasteiger partial charge in [-0.15, -0.1) is 0 Å². The Bertz CT molecular complexity index is 822. The van der Waals surface area contributed by atoms with E-state index in [1.54, 1.807) is 6.07 Å². The molecule has 1 aromatic heterocycles. The number of benzene rings is 1. The highest BCUT2D eigenvalue weighted by Gasteiger charge is 2.15. The van der Waals surface area contributed by atoms with Gasteiger partial charge in [0.1, 0.15) is 5.56 Å². The van der Waals surface area contributed by atoms with Gasteiger partial charge in [-0.1, -0.05) is 42.0 Å². The van der Waals surface area contributed by atoms with Gasteiger partial charge in [-0.3, -0.25) is 9.59 Å². The number of H-pyrrole nitrogens is 1. The molecule has 3 N–H and O–H groups in total. The lowest BCUT2D eigenvalue weighted by Gasteiger charge is -2.15. The van der Waals surface area contributed by atoms with Crippen LogP contribution in [-0.4, -0.2) is 30.5 Å². The molecule has 2 aromatic rings. The first-order chi connectivity index (χ1) is 11.6. The number of nitrogens with one attached hydrogen (secondary N) is 3. The van der Waals surface area contributed by atoms with Crippen LogP contribution in [0.5, 0.6) is 0 Å². The number of hydrogen-bond acceptors (Lipinski definition) is 3. The van der Waals surface area contributed by atoms with Crippen molar-refractivity contribution in [1.82, 2.24) is 15.6 Å². The molecule has 24 heavy (non-hydrogen) atoms. The van der Waals surface area contributed by atoms with Crippen LogP contribution >= 0.6 is 0 Å². The normalized spacial score (nSPS) is 14.1. The highest BCUT2D eigenvalue weighted by molar-refractivity contribution is 5.95. The molecule has 0 unspecified atom stereocenters. The Kier molecular flexibility index (Phi) is 4.91. The molecule has 0 radical (unpaired) electrons. The molecule has 0 bridgehead atoms. The van der Waals surface area contributed by atoms with Crippen molar-refractivity contribution in [2.45, 2.75) is 13.3 Å². The van der Waals surface area contributed by atoms with Crippen molar-refractivity contribution >= 4 is 5.91 Å². The van der Waals surface area contributed by atoms with Gasteiger partial charge in [0.15, 0.2) is 0 Å². The summed E-state index contributed by atoms with van der Waals surface area (Å²) in [6.45, 7) is 4.07. The van der Waals surface area contributed by atoms with Crippen LogP contribution in [0.1, 0.15) is 22.5 Å². The lowest BCUT2D eigenvalue weighted by atomic mass is 10.0. The summed E-state index contributed by atoms with van der Waals surface area (Å²) < 4.78 is 0. The molecule has 3 rings (SSSR count). The highest BCUT2D eigenvalue weighted by atomic mass is 16.2. The quantitative estimate of drug-likeness (QED) is 0.754. The van der Waals surface area contributed by atoms with Crippen LogP contribution in [0.4, 0.5) is 0 Å². The van der Waals surface area contributed by atoms with Crippen molar-refractivity contribution in [3.63, 3.8) is 0 Å². The Morgan fingerprint density at radius 3 is 2.75 bits per heavy atom. The molecule has 1 aliphatic rings. The van der Waals surface area contributed by atoms with Crippen LogP contribution in [0.3, 0.4) is 0 Å². The molecule has 1 amide bonds. The predicted molar refractivity (Wildman–Crippen MR) is 95.1 cm³/mol. The fraction of sp³-hybridized carbons (Fsp3) is 0.263. The Hall–Kier alpha value is -2.66. The van der Waals surface area contributed by atoms with E-state index in [9.17, 15) is 9.59 Å². The van der Waals surface area contributed by atoms with Crippen LogP contribution in [0, 0.1) is 6.92 Å². The third-order valence-corrected chi connectivity index (χ3v) is 4.20. The minimum absolute atomic E-state index is 0.147. The van der Waals surface area contributed by atoms with E-state index in [4.69, 9.17) is 0 Å². The molecule has 5 heteroatoms. The number of carbonyl (C=O) groups excluding carboxylic acids is 1. The molecule has 5 nitrogen and oxygen atoms in total. The van der Waals surface area contributed by atoms with Gasteiger partial charge < -0.3 is 15.6 Å². The summed E-state index contributed by atoms with van der Waals surface area (Å²) in [5.41, 5.74) is 3.57. The average molecular weight is 323 g/mol. The Morgan fingerprint density at radius 1 is 1.25 bits per heavy atom. The van der Waals surface area contributed by atoms with Gasteiger partial charge in [0.2, 0.25) is 0 Å². The van der Waals surface area contributed by atoms with Crippen LogP contribution < -0.4 is 16.2 Å². The van der Waals surface area contributed by atoms with E-state index >= 15 is 0 Å². The molecule has 0 fully saturated rings. The van der Waals surface area contributed by atoms with Gasteiger partial charge >= 0.3 is 0 Å². The standard InChI is InChI=1S/C19H21N3O2/c1-13-16(15-5-3-2-4-6-15)11-17(19(24)22-13)18(23)21-12-14-7-9-20-10-8-14/h2-7,11,20H,8-10,12H2,1H3,(H,21,23)(H,22,24). The van der Waals surface area contributed by atoms with Crippen molar-refractivity contribution in [1.29, 1.82) is 0 Å². The van der Waals surface area contributed by atoms with Gasteiger partial charge in [0, 0.05) is 24.3 Å². The molecule has 0 atom stereocenters. The number of aryl methyl sites for hydroxylation is 1. The lowest BCUT2D eigenvalue weighted by Crippen LogP contribution is -2.33. The molecule has 0 saturated heterocycles. The van der Waals surface area contributed by atoms with Crippen molar-refractivity contribution in [3.8, 4) is 11.1 Å². The number of rotatable bonds is 4. The summed E-state index contributed by atoms with van der Waals surface area (Å²) in [6, 6.07) is 11.4. The van der Waals surface area contributed by atoms with E-state index in [1.165, 1.54) is 5.57 Å². The average Bonchev–Trinajstić information content (AvgIpc) is 2.61. The Labute approximate surface area is 140 Å². The summed E-state index contributed by atoms with van der Waals surface area (Å²) in [4.78, 5) is 27.4. The maximum atomic E-state index is 12.4. The minimum atomic E-state index is -0.357. The summed E-state index contributed by atoms with van der Waals surface area (Å²) in [6.07, 6.45) is 3.00. The van der Waals surface area contributed by atoms with Gasteiger partial charge in [0.05, 0.1) is 0 Å². The first-order valence-electron chi connectivity index (χ1n) is 8.11. The van der Waals surface area contributed by atoms with E-state index in [1.807, 2.05) is 37.3 Å². The van der Waals surface area contributed by atoms with E-state index < -0.39 is 0 Å². The fourth-order valence-electron chi connectivity index (χ4n) is 2.83.